The predicted octanol–water partition coefficient (Wildman–Crippen LogP) is 3.34. The minimum absolute atomic E-state index is 0.0218. The summed E-state index contributed by atoms with van der Waals surface area (Å²) in [5.74, 6) is 0.174. The van der Waals surface area contributed by atoms with Gasteiger partial charge in [-0.05, 0) is 43.0 Å². The molecule has 1 aliphatic rings. The van der Waals surface area contributed by atoms with Gasteiger partial charge in [-0.1, -0.05) is 17.7 Å². The van der Waals surface area contributed by atoms with Crippen LogP contribution in [0.3, 0.4) is 0 Å². The van der Waals surface area contributed by atoms with E-state index in [9.17, 15) is 20.0 Å². The summed E-state index contributed by atoms with van der Waals surface area (Å²) in [4.78, 5) is 29.7. The summed E-state index contributed by atoms with van der Waals surface area (Å²) in [7, 11) is 0. The minimum Gasteiger partial charge on any atom is -0.396 e. The number of benzene rings is 1. The molecular formula is C21H20ClN5O4. The van der Waals surface area contributed by atoms with E-state index in [1.165, 1.54) is 16.8 Å². The molecule has 1 amide bonds. The van der Waals surface area contributed by atoms with E-state index in [1.807, 2.05) is 0 Å². The molecule has 0 saturated carbocycles. The summed E-state index contributed by atoms with van der Waals surface area (Å²) in [5.41, 5.74) is 1.02. The van der Waals surface area contributed by atoms with Gasteiger partial charge in [-0.15, -0.1) is 0 Å². The quantitative estimate of drug-likeness (QED) is 0.479. The molecule has 4 rings (SSSR count). The molecule has 9 nitrogen and oxygen atoms in total. The number of aliphatic hydroxyl groups is 1. The van der Waals surface area contributed by atoms with Crippen LogP contribution < -0.4 is 0 Å². The van der Waals surface area contributed by atoms with Gasteiger partial charge in [-0.3, -0.25) is 14.9 Å². The maximum absolute atomic E-state index is 13.2. The molecular weight excluding hydrogens is 422 g/mol. The first-order valence-corrected chi connectivity index (χ1v) is 10.2. The summed E-state index contributed by atoms with van der Waals surface area (Å²) in [5, 5.41) is 25.1. The second kappa shape index (κ2) is 8.83. The third-order valence-corrected chi connectivity index (χ3v) is 5.67. The number of piperidine rings is 1. The van der Waals surface area contributed by atoms with Crippen LogP contribution in [0.5, 0.6) is 0 Å². The average molecular weight is 442 g/mol. The number of hydrogen-bond donors (Lipinski definition) is 1. The van der Waals surface area contributed by atoms with E-state index in [0.29, 0.717) is 30.2 Å². The number of hydrogen-bond acceptors (Lipinski definition) is 6. The summed E-state index contributed by atoms with van der Waals surface area (Å²) in [6.45, 7) is 1.03. The molecule has 0 bridgehead atoms. The Morgan fingerprint density at radius 1 is 1.26 bits per heavy atom. The second-order valence-corrected chi connectivity index (χ2v) is 7.73. The first-order valence-electron chi connectivity index (χ1n) is 9.84. The number of rotatable bonds is 5. The molecule has 1 N–H and O–H groups in total. The monoisotopic (exact) mass is 441 g/mol. The number of nitro groups is 1. The number of amides is 1. The van der Waals surface area contributed by atoms with E-state index in [1.54, 1.807) is 41.4 Å². The SMILES string of the molecule is O=C(c1nn(-c2ccccn2)c(-c2ccc([N+](=O)[O-])cc2)c1Cl)N1CCC[C@H](CO)C1. The van der Waals surface area contributed by atoms with E-state index in [-0.39, 0.29) is 34.8 Å². The van der Waals surface area contributed by atoms with Crippen molar-refractivity contribution in [3.8, 4) is 17.1 Å². The van der Waals surface area contributed by atoms with Crippen molar-refractivity contribution < 1.29 is 14.8 Å². The Bertz CT molecular complexity index is 1100. The first kappa shape index (κ1) is 21.0. The fourth-order valence-corrected chi connectivity index (χ4v) is 4.03. The predicted molar refractivity (Wildman–Crippen MR) is 114 cm³/mol. The average Bonchev–Trinajstić information content (AvgIpc) is 3.16. The number of halogens is 1. The van der Waals surface area contributed by atoms with Crippen molar-refractivity contribution in [2.45, 2.75) is 12.8 Å². The smallest absolute Gasteiger partial charge is 0.275 e. The Morgan fingerprint density at radius 3 is 2.68 bits per heavy atom. The first-order chi connectivity index (χ1) is 15.0. The highest BCUT2D eigenvalue weighted by molar-refractivity contribution is 6.36. The van der Waals surface area contributed by atoms with Gasteiger partial charge in [0.15, 0.2) is 11.5 Å². The van der Waals surface area contributed by atoms with Crippen LogP contribution in [0.25, 0.3) is 17.1 Å². The van der Waals surface area contributed by atoms with Crippen molar-refractivity contribution in [1.82, 2.24) is 19.7 Å². The largest absolute Gasteiger partial charge is 0.396 e. The summed E-state index contributed by atoms with van der Waals surface area (Å²) < 4.78 is 1.48. The molecule has 1 aliphatic heterocycles. The Kier molecular flexibility index (Phi) is 5.97. The maximum Gasteiger partial charge on any atom is 0.275 e. The zero-order valence-corrected chi connectivity index (χ0v) is 17.3. The highest BCUT2D eigenvalue weighted by Crippen LogP contribution is 2.34. The standard InChI is InChI=1S/C21H20ClN5O4/c22-18-19(21(29)25-11-3-4-14(12-25)13-28)24-26(17-5-1-2-10-23-17)20(18)15-6-8-16(9-7-15)27(30)31/h1-2,5-10,14,28H,3-4,11-13H2/t14-/m0/s1. The van der Waals surface area contributed by atoms with Gasteiger partial charge in [0.1, 0.15) is 5.02 Å². The fourth-order valence-electron chi connectivity index (χ4n) is 3.72. The summed E-state index contributed by atoms with van der Waals surface area (Å²) in [6, 6.07) is 11.2. The molecule has 1 saturated heterocycles. The van der Waals surface area contributed by atoms with Gasteiger partial charge in [0.25, 0.3) is 11.6 Å². The molecule has 31 heavy (non-hydrogen) atoms. The molecule has 0 radical (unpaired) electrons. The topological polar surface area (TPSA) is 114 Å². The van der Waals surface area contributed by atoms with E-state index in [0.717, 1.165) is 12.8 Å². The lowest BCUT2D eigenvalue weighted by Crippen LogP contribution is -2.41. The number of carbonyl (C=O) groups is 1. The zero-order chi connectivity index (χ0) is 22.0. The lowest BCUT2D eigenvalue weighted by Gasteiger charge is -2.31. The van der Waals surface area contributed by atoms with E-state index in [4.69, 9.17) is 11.6 Å². The van der Waals surface area contributed by atoms with Crippen molar-refractivity contribution in [3.63, 3.8) is 0 Å². The van der Waals surface area contributed by atoms with Crippen molar-refractivity contribution >= 4 is 23.2 Å². The van der Waals surface area contributed by atoms with Crippen LogP contribution in [0.15, 0.2) is 48.7 Å². The molecule has 0 spiro atoms. The number of aromatic nitrogens is 3. The third kappa shape index (κ3) is 4.14. The van der Waals surface area contributed by atoms with E-state index < -0.39 is 4.92 Å². The molecule has 0 unspecified atom stereocenters. The molecule has 1 aromatic carbocycles. The van der Waals surface area contributed by atoms with Crippen LogP contribution in [0.1, 0.15) is 23.3 Å². The molecule has 3 aromatic rings. The van der Waals surface area contributed by atoms with Gasteiger partial charge in [0, 0.05) is 43.6 Å². The molecule has 2 aromatic heterocycles. The number of carbonyl (C=O) groups excluding carboxylic acids is 1. The number of pyridine rings is 1. The van der Waals surface area contributed by atoms with Crippen LogP contribution in [0.2, 0.25) is 5.02 Å². The molecule has 1 atom stereocenters. The van der Waals surface area contributed by atoms with Gasteiger partial charge < -0.3 is 10.0 Å². The number of aliphatic hydroxyl groups excluding tert-OH is 1. The number of non-ortho nitro benzene ring substituents is 1. The lowest BCUT2D eigenvalue weighted by atomic mass is 9.99. The van der Waals surface area contributed by atoms with Crippen molar-refractivity contribution in [2.24, 2.45) is 5.92 Å². The Labute approximate surface area is 183 Å². The number of nitrogens with zero attached hydrogens (tertiary/aromatic N) is 5. The zero-order valence-electron chi connectivity index (χ0n) is 16.5. The molecule has 160 valence electrons. The van der Waals surface area contributed by atoms with Gasteiger partial charge in [-0.25, -0.2) is 9.67 Å². The van der Waals surface area contributed by atoms with Crippen molar-refractivity contribution in [3.05, 3.63) is 69.5 Å². The molecule has 1 fully saturated rings. The Hall–Kier alpha value is -3.30. The van der Waals surface area contributed by atoms with Gasteiger partial charge in [0.2, 0.25) is 0 Å². The van der Waals surface area contributed by atoms with Gasteiger partial charge in [-0.2, -0.15) is 5.10 Å². The maximum atomic E-state index is 13.2. The van der Waals surface area contributed by atoms with Crippen molar-refractivity contribution in [1.29, 1.82) is 0 Å². The van der Waals surface area contributed by atoms with E-state index in [2.05, 4.69) is 10.1 Å². The van der Waals surface area contributed by atoms with Crippen LogP contribution in [-0.2, 0) is 0 Å². The second-order valence-electron chi connectivity index (χ2n) is 7.36. The lowest BCUT2D eigenvalue weighted by molar-refractivity contribution is -0.384. The third-order valence-electron chi connectivity index (χ3n) is 5.31. The number of nitro benzene ring substituents is 1. The van der Waals surface area contributed by atoms with Crippen molar-refractivity contribution in [2.75, 3.05) is 19.7 Å². The van der Waals surface area contributed by atoms with Crippen LogP contribution in [-0.4, -0.2) is 55.3 Å². The van der Waals surface area contributed by atoms with Crippen LogP contribution in [0, 0.1) is 16.0 Å². The summed E-state index contributed by atoms with van der Waals surface area (Å²) >= 11 is 6.66. The van der Waals surface area contributed by atoms with Gasteiger partial charge in [0.05, 0.1) is 10.6 Å². The highest BCUT2D eigenvalue weighted by atomic mass is 35.5. The highest BCUT2D eigenvalue weighted by Gasteiger charge is 2.30. The van der Waals surface area contributed by atoms with Crippen LogP contribution in [0.4, 0.5) is 5.69 Å². The summed E-state index contributed by atoms with van der Waals surface area (Å²) in [6.07, 6.45) is 3.26. The molecule has 0 aliphatic carbocycles. The molecule has 10 heteroatoms. The fraction of sp³-hybridized carbons (Fsp3) is 0.286. The van der Waals surface area contributed by atoms with Crippen LogP contribution >= 0.6 is 11.6 Å². The Balaban J connectivity index is 1.79. The molecule has 3 heterocycles. The number of likely N-dealkylation sites (tertiary alicyclic amines) is 1. The van der Waals surface area contributed by atoms with Gasteiger partial charge >= 0.3 is 0 Å². The Morgan fingerprint density at radius 2 is 2.03 bits per heavy atom. The normalized spacial score (nSPS) is 16.3. The van der Waals surface area contributed by atoms with E-state index >= 15 is 0 Å². The minimum atomic E-state index is -0.482.